The highest BCUT2D eigenvalue weighted by Crippen LogP contribution is 2.14. The molecule has 0 fully saturated rings. The van der Waals surface area contributed by atoms with Crippen molar-refractivity contribution >= 4 is 23.4 Å². The second-order valence-corrected chi connectivity index (χ2v) is 5.48. The van der Waals surface area contributed by atoms with Gasteiger partial charge in [-0.3, -0.25) is 14.3 Å². The molecule has 1 heterocycles. The van der Waals surface area contributed by atoms with E-state index in [1.54, 1.807) is 54.6 Å². The van der Waals surface area contributed by atoms with Gasteiger partial charge in [-0.2, -0.15) is 0 Å². The number of carbonyl (C=O) groups excluding carboxylic acids is 1. The topological polar surface area (TPSA) is 102 Å². The second-order valence-electron chi connectivity index (χ2n) is 5.48. The molecule has 1 N–H and O–H groups in total. The number of aliphatic imine (C=N–C) groups is 1. The van der Waals surface area contributed by atoms with Gasteiger partial charge in [0.25, 0.3) is 6.20 Å². The van der Waals surface area contributed by atoms with Crippen molar-refractivity contribution in [1.82, 2.24) is 5.27 Å². The van der Waals surface area contributed by atoms with E-state index in [-0.39, 0.29) is 11.7 Å². The van der Waals surface area contributed by atoms with Crippen molar-refractivity contribution in [1.29, 1.82) is 0 Å². The van der Waals surface area contributed by atoms with Gasteiger partial charge in [-0.05, 0) is 58.7 Å². The third-order valence-electron chi connectivity index (χ3n) is 3.52. The summed E-state index contributed by atoms with van der Waals surface area (Å²) in [5.41, 5.74) is 2.09. The molecule has 0 aliphatic heterocycles. The lowest BCUT2D eigenvalue weighted by molar-refractivity contribution is -0.670. The van der Waals surface area contributed by atoms with Crippen LogP contribution in [0.25, 0.3) is 11.8 Å². The Morgan fingerprint density at radius 1 is 1.15 bits per heavy atom. The molecule has 1 aromatic heterocycles. The molecule has 0 amide bonds. The zero-order chi connectivity index (χ0) is 18.5. The van der Waals surface area contributed by atoms with E-state index in [0.717, 1.165) is 5.56 Å². The SMILES string of the molecule is CC([O-])=Nc1ccc(/C=C/C(=O)c2ccc(-[n+]3cc(=O)o[nH]3)cc2)cc1. The van der Waals surface area contributed by atoms with E-state index in [4.69, 9.17) is 0 Å². The number of aromatic amines is 1. The van der Waals surface area contributed by atoms with E-state index in [0.29, 0.717) is 16.9 Å². The molecule has 0 aliphatic carbocycles. The minimum absolute atomic E-state index is 0.153. The van der Waals surface area contributed by atoms with Crippen LogP contribution in [-0.2, 0) is 0 Å². The van der Waals surface area contributed by atoms with Gasteiger partial charge in [-0.15, -0.1) is 0 Å². The lowest BCUT2D eigenvalue weighted by Gasteiger charge is -2.02. The van der Waals surface area contributed by atoms with Gasteiger partial charge in [0, 0.05) is 17.7 Å². The summed E-state index contributed by atoms with van der Waals surface area (Å²) in [6.45, 7) is 1.39. The van der Waals surface area contributed by atoms with Crippen LogP contribution in [0.5, 0.6) is 0 Å². The molecule has 3 rings (SSSR count). The average Bonchev–Trinajstić information content (AvgIpc) is 3.07. The summed E-state index contributed by atoms with van der Waals surface area (Å²) in [4.78, 5) is 27.1. The first kappa shape index (κ1) is 17.1. The van der Waals surface area contributed by atoms with Gasteiger partial charge < -0.3 is 5.11 Å². The summed E-state index contributed by atoms with van der Waals surface area (Å²) >= 11 is 0. The molecule has 7 nitrogen and oxygen atoms in total. The molecular formula is C19H15N3O4. The van der Waals surface area contributed by atoms with E-state index < -0.39 is 5.63 Å². The number of hydrogen-bond acceptors (Lipinski definition) is 5. The molecule has 130 valence electrons. The maximum Gasteiger partial charge on any atom is 0.427 e. The molecule has 0 saturated carbocycles. The number of ketones is 1. The van der Waals surface area contributed by atoms with Gasteiger partial charge in [0.15, 0.2) is 5.78 Å². The zero-order valence-corrected chi connectivity index (χ0v) is 13.9. The van der Waals surface area contributed by atoms with Gasteiger partial charge in [-0.1, -0.05) is 18.2 Å². The fourth-order valence-corrected chi connectivity index (χ4v) is 2.28. The van der Waals surface area contributed by atoms with Crippen LogP contribution in [0.4, 0.5) is 5.69 Å². The van der Waals surface area contributed by atoms with Gasteiger partial charge in [-0.25, -0.2) is 4.79 Å². The molecular weight excluding hydrogens is 334 g/mol. The van der Waals surface area contributed by atoms with Crippen LogP contribution in [0.3, 0.4) is 0 Å². The monoisotopic (exact) mass is 349 g/mol. The number of hydrogen-bond donors (Lipinski definition) is 1. The van der Waals surface area contributed by atoms with Crippen LogP contribution < -0.4 is 15.4 Å². The largest absolute Gasteiger partial charge is 0.862 e. The summed E-state index contributed by atoms with van der Waals surface area (Å²) < 4.78 is 6.01. The lowest BCUT2D eigenvalue weighted by atomic mass is 10.1. The van der Waals surface area contributed by atoms with E-state index in [1.165, 1.54) is 23.9 Å². The lowest BCUT2D eigenvalue weighted by Crippen LogP contribution is -2.32. The normalized spacial score (nSPS) is 11.8. The number of allylic oxidation sites excluding steroid dienone is 1. The summed E-state index contributed by atoms with van der Waals surface area (Å²) in [7, 11) is 0. The van der Waals surface area contributed by atoms with Crippen LogP contribution in [0.1, 0.15) is 22.8 Å². The van der Waals surface area contributed by atoms with Crippen molar-refractivity contribution < 1.29 is 19.1 Å². The number of nitrogens with one attached hydrogen (secondary N) is 1. The molecule has 7 heteroatoms. The molecule has 0 bridgehead atoms. The van der Waals surface area contributed by atoms with Crippen molar-refractivity contribution in [2.75, 3.05) is 0 Å². The van der Waals surface area contributed by atoms with Gasteiger partial charge >= 0.3 is 5.63 Å². The predicted octanol–water partition coefficient (Wildman–Crippen LogP) is 1.55. The first-order valence-corrected chi connectivity index (χ1v) is 7.77. The molecule has 26 heavy (non-hydrogen) atoms. The Balaban J connectivity index is 1.70. The molecule has 0 atom stereocenters. The average molecular weight is 349 g/mol. The van der Waals surface area contributed by atoms with Gasteiger partial charge in [0.1, 0.15) is 0 Å². The summed E-state index contributed by atoms with van der Waals surface area (Å²) in [5.74, 6) is -0.413. The van der Waals surface area contributed by atoms with Crippen LogP contribution in [0, 0.1) is 0 Å². The Morgan fingerprint density at radius 3 is 2.42 bits per heavy atom. The molecule has 0 spiro atoms. The Labute approximate surface area is 148 Å². The third kappa shape index (κ3) is 4.21. The van der Waals surface area contributed by atoms with Crippen LogP contribution in [-0.4, -0.2) is 17.0 Å². The van der Waals surface area contributed by atoms with Crippen molar-refractivity contribution in [3.63, 3.8) is 0 Å². The zero-order valence-electron chi connectivity index (χ0n) is 13.9. The Morgan fingerprint density at radius 2 is 1.85 bits per heavy atom. The van der Waals surface area contributed by atoms with Crippen molar-refractivity contribution in [3.05, 3.63) is 82.4 Å². The first-order chi connectivity index (χ1) is 12.5. The highest BCUT2D eigenvalue weighted by molar-refractivity contribution is 6.06. The quantitative estimate of drug-likeness (QED) is 0.248. The minimum Gasteiger partial charge on any atom is -0.862 e. The molecule has 0 saturated heterocycles. The Hall–Kier alpha value is -3.74. The van der Waals surface area contributed by atoms with Crippen molar-refractivity contribution in [2.45, 2.75) is 6.92 Å². The molecule has 2 aromatic carbocycles. The molecule has 0 aliphatic rings. The molecule has 0 unspecified atom stereocenters. The molecule has 3 aromatic rings. The van der Waals surface area contributed by atoms with Crippen molar-refractivity contribution in [2.24, 2.45) is 4.99 Å². The van der Waals surface area contributed by atoms with Crippen LogP contribution in [0.2, 0.25) is 0 Å². The maximum absolute atomic E-state index is 12.2. The summed E-state index contributed by atoms with van der Waals surface area (Å²) in [6, 6.07) is 13.7. The maximum atomic E-state index is 12.2. The fraction of sp³-hybridized carbons (Fsp3) is 0.0526. The van der Waals surface area contributed by atoms with E-state index in [9.17, 15) is 14.7 Å². The minimum atomic E-state index is -0.491. The second kappa shape index (κ2) is 7.43. The first-order valence-electron chi connectivity index (χ1n) is 7.77. The molecule has 0 radical (unpaired) electrons. The summed E-state index contributed by atoms with van der Waals surface area (Å²) in [6.07, 6.45) is 4.42. The highest BCUT2D eigenvalue weighted by atomic mass is 16.5. The Bertz CT molecular complexity index is 1020. The van der Waals surface area contributed by atoms with Crippen LogP contribution >= 0.6 is 0 Å². The number of carbonyl (C=O) groups is 1. The number of benzene rings is 2. The summed E-state index contributed by atoms with van der Waals surface area (Å²) in [5, 5.41) is 13.4. The predicted molar refractivity (Wildman–Crippen MR) is 93.4 cm³/mol. The number of rotatable bonds is 5. The van der Waals surface area contributed by atoms with Gasteiger partial charge in [0.2, 0.25) is 5.69 Å². The highest BCUT2D eigenvalue weighted by Gasteiger charge is 2.11. The standard InChI is InChI=1S/C19H15N3O4/c1-13(23)20-16-7-2-14(3-8-16)4-11-18(24)15-5-9-17(10-6-15)22-12-19(25)26-21-22/h2-12H,1H3,(H-,20,21,23,24,25). The van der Waals surface area contributed by atoms with Crippen molar-refractivity contribution in [3.8, 4) is 5.69 Å². The van der Waals surface area contributed by atoms with Crippen LogP contribution in [0.15, 0.2) is 75.1 Å². The number of H-pyrrole nitrogens is 1. The number of nitrogens with zero attached hydrogens (tertiary/aromatic N) is 2. The van der Waals surface area contributed by atoms with E-state index in [1.807, 2.05) is 0 Å². The van der Waals surface area contributed by atoms with Gasteiger partial charge in [0.05, 0.1) is 5.69 Å². The number of aromatic nitrogens is 2. The smallest absolute Gasteiger partial charge is 0.427 e. The van der Waals surface area contributed by atoms with E-state index in [2.05, 4.69) is 14.8 Å². The fourth-order valence-electron chi connectivity index (χ4n) is 2.28. The Kier molecular flexibility index (Phi) is 4.89. The third-order valence-corrected chi connectivity index (χ3v) is 3.52. The van der Waals surface area contributed by atoms with E-state index >= 15 is 0 Å².